The lowest BCUT2D eigenvalue weighted by Crippen LogP contribution is -2.35. The molecule has 0 amide bonds. The van der Waals surface area contributed by atoms with Crippen LogP contribution < -0.4 is 0 Å². The molecule has 4 nitrogen and oxygen atoms in total. The first-order chi connectivity index (χ1) is 6.24. The predicted molar refractivity (Wildman–Crippen MR) is 50.2 cm³/mol. The van der Waals surface area contributed by atoms with Crippen LogP contribution in [0.15, 0.2) is 0 Å². The smallest absolute Gasteiger partial charge is 0.0900 e. The monoisotopic (exact) mass is 186 g/mol. The van der Waals surface area contributed by atoms with Crippen LogP contribution in [-0.2, 0) is 4.74 Å². The van der Waals surface area contributed by atoms with Crippen molar-refractivity contribution >= 4 is 0 Å². The molecule has 0 aromatic carbocycles. The Labute approximate surface area is 79.7 Å². The van der Waals surface area contributed by atoms with Gasteiger partial charge in [0.05, 0.1) is 25.3 Å². The van der Waals surface area contributed by atoms with E-state index in [-0.39, 0.29) is 0 Å². The molecule has 1 atom stereocenters. The lowest BCUT2D eigenvalue weighted by Gasteiger charge is -2.20. The summed E-state index contributed by atoms with van der Waals surface area (Å²) in [6.45, 7) is 6.45. The highest BCUT2D eigenvalue weighted by Gasteiger charge is 2.09. The summed E-state index contributed by atoms with van der Waals surface area (Å²) in [6.07, 6.45) is -0.492. The van der Waals surface area contributed by atoms with Crippen molar-refractivity contribution in [1.29, 1.82) is 5.26 Å². The molecule has 0 aromatic heterocycles. The van der Waals surface area contributed by atoms with Gasteiger partial charge in [0.15, 0.2) is 0 Å². The van der Waals surface area contributed by atoms with Crippen LogP contribution in [0.4, 0.5) is 0 Å². The van der Waals surface area contributed by atoms with E-state index in [9.17, 15) is 5.11 Å². The minimum absolute atomic E-state index is 0.346. The highest BCUT2D eigenvalue weighted by atomic mass is 16.5. The molecule has 76 valence electrons. The molecule has 1 N–H and O–H groups in total. The summed E-state index contributed by atoms with van der Waals surface area (Å²) in [5, 5.41) is 17.9. The molecule has 0 bridgehead atoms. The number of ether oxygens (including phenoxy) is 1. The lowest BCUT2D eigenvalue weighted by molar-refractivity contribution is 0.0242. The molecule has 13 heavy (non-hydrogen) atoms. The number of likely N-dealkylation sites (N-methyl/N-ethyl adjacent to an activating group) is 1. The van der Waals surface area contributed by atoms with E-state index in [4.69, 9.17) is 10.00 Å². The van der Waals surface area contributed by atoms with Crippen molar-refractivity contribution in [2.24, 2.45) is 0 Å². The van der Waals surface area contributed by atoms with Crippen LogP contribution >= 0.6 is 0 Å². The Hall–Kier alpha value is -0.630. The van der Waals surface area contributed by atoms with E-state index < -0.39 is 6.10 Å². The van der Waals surface area contributed by atoms with E-state index >= 15 is 0 Å². The van der Waals surface area contributed by atoms with Crippen molar-refractivity contribution in [3.63, 3.8) is 0 Å². The molecule has 0 radical (unpaired) electrons. The van der Waals surface area contributed by atoms with Crippen LogP contribution in [0.2, 0.25) is 0 Å². The van der Waals surface area contributed by atoms with Gasteiger partial charge < -0.3 is 9.84 Å². The van der Waals surface area contributed by atoms with Gasteiger partial charge in [0.1, 0.15) is 0 Å². The van der Waals surface area contributed by atoms with Crippen LogP contribution in [0.3, 0.4) is 0 Å². The Balaban J connectivity index is 3.60. The fraction of sp³-hybridized carbons (Fsp3) is 0.889. The molecule has 0 fully saturated rings. The molecule has 0 aliphatic carbocycles. The standard InChI is InChI=1S/C9H18N2O2/c1-3-11(6-5-10)7-9(12)8-13-4-2/h9,12H,3-4,6-8H2,1-2H3. The SMILES string of the molecule is CCOCC(O)CN(CC)CC#N. The predicted octanol–water partition coefficient (Wildman–Crippen LogP) is 0.229. The molecule has 0 saturated carbocycles. The van der Waals surface area contributed by atoms with Crippen molar-refractivity contribution in [1.82, 2.24) is 4.90 Å². The second kappa shape index (κ2) is 7.99. The van der Waals surface area contributed by atoms with E-state index in [1.807, 2.05) is 18.7 Å². The summed E-state index contributed by atoms with van der Waals surface area (Å²) in [6, 6.07) is 2.05. The third-order valence-electron chi connectivity index (χ3n) is 1.72. The Morgan fingerprint density at radius 3 is 2.69 bits per heavy atom. The van der Waals surface area contributed by atoms with Gasteiger partial charge in [0.2, 0.25) is 0 Å². The molecular formula is C9H18N2O2. The summed E-state index contributed by atoms with van der Waals surface area (Å²) in [5.41, 5.74) is 0. The zero-order valence-corrected chi connectivity index (χ0v) is 8.36. The van der Waals surface area contributed by atoms with Crippen LogP contribution in [0.5, 0.6) is 0 Å². The Morgan fingerprint density at radius 1 is 1.54 bits per heavy atom. The number of aliphatic hydroxyl groups is 1. The Bertz CT molecular complexity index is 156. The minimum Gasteiger partial charge on any atom is -0.389 e. The average molecular weight is 186 g/mol. The molecule has 0 spiro atoms. The van der Waals surface area contributed by atoms with Gasteiger partial charge in [-0.3, -0.25) is 4.90 Å². The van der Waals surface area contributed by atoms with E-state index in [0.29, 0.717) is 26.3 Å². The fourth-order valence-corrected chi connectivity index (χ4v) is 1.01. The second-order valence-corrected chi connectivity index (χ2v) is 2.80. The lowest BCUT2D eigenvalue weighted by atomic mass is 10.3. The van der Waals surface area contributed by atoms with Crippen molar-refractivity contribution in [2.75, 3.05) is 32.8 Å². The van der Waals surface area contributed by atoms with Gasteiger partial charge >= 0.3 is 0 Å². The van der Waals surface area contributed by atoms with E-state index in [1.54, 1.807) is 0 Å². The maximum atomic E-state index is 9.43. The molecule has 0 aliphatic heterocycles. The van der Waals surface area contributed by atoms with E-state index in [2.05, 4.69) is 6.07 Å². The molecular weight excluding hydrogens is 168 g/mol. The molecule has 0 rings (SSSR count). The third-order valence-corrected chi connectivity index (χ3v) is 1.72. The zero-order chi connectivity index (χ0) is 10.1. The van der Waals surface area contributed by atoms with Gasteiger partial charge in [0, 0.05) is 13.2 Å². The highest BCUT2D eigenvalue weighted by Crippen LogP contribution is 1.92. The summed E-state index contributed by atoms with van der Waals surface area (Å²) in [7, 11) is 0. The number of nitrogens with zero attached hydrogens (tertiary/aromatic N) is 2. The molecule has 4 heteroatoms. The van der Waals surface area contributed by atoms with Crippen molar-refractivity contribution in [3.8, 4) is 6.07 Å². The zero-order valence-electron chi connectivity index (χ0n) is 8.36. The summed E-state index contributed by atoms with van der Waals surface area (Å²) < 4.78 is 5.06. The third kappa shape index (κ3) is 6.52. The molecule has 0 heterocycles. The minimum atomic E-state index is -0.492. The van der Waals surface area contributed by atoms with Gasteiger partial charge in [-0.2, -0.15) is 5.26 Å². The van der Waals surface area contributed by atoms with Gasteiger partial charge in [-0.15, -0.1) is 0 Å². The molecule has 0 saturated heterocycles. The topological polar surface area (TPSA) is 56.5 Å². The number of nitriles is 1. The quantitative estimate of drug-likeness (QED) is 0.578. The fourth-order valence-electron chi connectivity index (χ4n) is 1.01. The van der Waals surface area contributed by atoms with Crippen molar-refractivity contribution in [2.45, 2.75) is 20.0 Å². The Kier molecular flexibility index (Phi) is 7.60. The maximum Gasteiger partial charge on any atom is 0.0900 e. The molecule has 1 unspecified atom stereocenters. The highest BCUT2D eigenvalue weighted by molar-refractivity contribution is 4.77. The van der Waals surface area contributed by atoms with Gasteiger partial charge in [-0.1, -0.05) is 6.92 Å². The number of rotatable bonds is 7. The summed E-state index contributed by atoms with van der Waals surface area (Å²) in [4.78, 5) is 1.88. The normalized spacial score (nSPS) is 12.8. The first-order valence-electron chi connectivity index (χ1n) is 4.59. The van der Waals surface area contributed by atoms with Gasteiger partial charge in [0.25, 0.3) is 0 Å². The largest absolute Gasteiger partial charge is 0.389 e. The van der Waals surface area contributed by atoms with Gasteiger partial charge in [-0.05, 0) is 13.5 Å². The van der Waals surface area contributed by atoms with Gasteiger partial charge in [-0.25, -0.2) is 0 Å². The average Bonchev–Trinajstić information content (AvgIpc) is 2.14. The van der Waals surface area contributed by atoms with Crippen LogP contribution in [-0.4, -0.2) is 49.0 Å². The number of aliphatic hydroxyl groups excluding tert-OH is 1. The first-order valence-corrected chi connectivity index (χ1v) is 4.59. The number of hydrogen-bond donors (Lipinski definition) is 1. The van der Waals surface area contributed by atoms with Crippen LogP contribution in [0.25, 0.3) is 0 Å². The maximum absolute atomic E-state index is 9.43. The summed E-state index contributed by atoms with van der Waals surface area (Å²) >= 11 is 0. The molecule has 0 aliphatic rings. The molecule has 0 aromatic rings. The Morgan fingerprint density at radius 2 is 2.23 bits per heavy atom. The van der Waals surface area contributed by atoms with E-state index in [1.165, 1.54) is 0 Å². The van der Waals surface area contributed by atoms with Crippen molar-refractivity contribution < 1.29 is 9.84 Å². The van der Waals surface area contributed by atoms with Crippen LogP contribution in [0, 0.1) is 11.3 Å². The number of hydrogen-bond acceptors (Lipinski definition) is 4. The van der Waals surface area contributed by atoms with Crippen LogP contribution in [0.1, 0.15) is 13.8 Å². The summed E-state index contributed by atoms with van der Waals surface area (Å²) in [5.74, 6) is 0. The van der Waals surface area contributed by atoms with E-state index in [0.717, 1.165) is 6.54 Å². The second-order valence-electron chi connectivity index (χ2n) is 2.80. The first kappa shape index (κ1) is 12.4. The van der Waals surface area contributed by atoms with Crippen molar-refractivity contribution in [3.05, 3.63) is 0 Å².